The monoisotopic (exact) mass is 282 g/mol. The molecule has 0 saturated carbocycles. The SMILES string of the molecule is CNc1ccc(C(=O)NC2CCS(=O)(=O)C2)c(C)c1. The van der Waals surface area contributed by atoms with E-state index in [4.69, 9.17) is 0 Å². The molecular weight excluding hydrogens is 264 g/mol. The van der Waals surface area contributed by atoms with Crippen LogP contribution in [0.2, 0.25) is 0 Å². The number of sulfone groups is 1. The molecule has 104 valence electrons. The molecule has 0 aliphatic carbocycles. The molecule has 0 spiro atoms. The van der Waals surface area contributed by atoms with E-state index in [1.54, 1.807) is 6.07 Å². The lowest BCUT2D eigenvalue weighted by molar-refractivity contribution is 0.0940. The van der Waals surface area contributed by atoms with Gasteiger partial charge in [-0.1, -0.05) is 0 Å². The summed E-state index contributed by atoms with van der Waals surface area (Å²) in [6, 6.07) is 5.20. The quantitative estimate of drug-likeness (QED) is 0.865. The highest BCUT2D eigenvalue weighted by molar-refractivity contribution is 7.91. The Bertz CT molecular complexity index is 596. The number of anilines is 1. The molecule has 2 N–H and O–H groups in total. The second kappa shape index (κ2) is 5.21. The predicted molar refractivity (Wildman–Crippen MR) is 75.3 cm³/mol. The molecule has 1 unspecified atom stereocenters. The highest BCUT2D eigenvalue weighted by Gasteiger charge is 2.29. The maximum atomic E-state index is 12.1. The van der Waals surface area contributed by atoms with Crippen LogP contribution in [0.15, 0.2) is 18.2 Å². The summed E-state index contributed by atoms with van der Waals surface area (Å²) in [5, 5.41) is 5.80. The number of nitrogens with one attached hydrogen (secondary N) is 2. The number of carbonyl (C=O) groups is 1. The van der Waals surface area contributed by atoms with Gasteiger partial charge in [-0.25, -0.2) is 8.42 Å². The first-order valence-corrected chi connectivity index (χ1v) is 8.03. The summed E-state index contributed by atoms with van der Waals surface area (Å²) in [4.78, 5) is 12.1. The summed E-state index contributed by atoms with van der Waals surface area (Å²) in [7, 11) is -1.15. The lowest BCUT2D eigenvalue weighted by Gasteiger charge is -2.13. The predicted octanol–water partition coefficient (Wildman–Crippen LogP) is 0.954. The second-order valence-electron chi connectivity index (χ2n) is 4.85. The van der Waals surface area contributed by atoms with E-state index in [0.717, 1.165) is 11.3 Å². The molecule has 1 aliphatic heterocycles. The Hall–Kier alpha value is -1.56. The zero-order chi connectivity index (χ0) is 14.0. The van der Waals surface area contributed by atoms with Crippen LogP contribution in [0.3, 0.4) is 0 Å². The molecule has 1 saturated heterocycles. The van der Waals surface area contributed by atoms with Crippen LogP contribution in [-0.4, -0.2) is 38.9 Å². The number of benzene rings is 1. The molecule has 6 heteroatoms. The molecule has 1 amide bonds. The van der Waals surface area contributed by atoms with E-state index in [9.17, 15) is 13.2 Å². The lowest BCUT2D eigenvalue weighted by Crippen LogP contribution is -2.35. The number of rotatable bonds is 3. The van der Waals surface area contributed by atoms with Gasteiger partial charge in [0.25, 0.3) is 5.91 Å². The smallest absolute Gasteiger partial charge is 0.251 e. The Labute approximate surface area is 113 Å². The van der Waals surface area contributed by atoms with Crippen LogP contribution in [-0.2, 0) is 9.84 Å². The molecule has 1 aliphatic rings. The molecule has 0 aromatic heterocycles. The fourth-order valence-corrected chi connectivity index (χ4v) is 3.92. The summed E-state index contributed by atoms with van der Waals surface area (Å²) < 4.78 is 22.7. The Balaban J connectivity index is 2.08. The first-order valence-electron chi connectivity index (χ1n) is 6.21. The number of carbonyl (C=O) groups excluding carboxylic acids is 1. The fraction of sp³-hybridized carbons (Fsp3) is 0.462. The molecule has 1 atom stereocenters. The highest BCUT2D eigenvalue weighted by atomic mass is 32.2. The van der Waals surface area contributed by atoms with Crippen LogP contribution in [0, 0.1) is 6.92 Å². The summed E-state index contributed by atoms with van der Waals surface area (Å²) >= 11 is 0. The third kappa shape index (κ3) is 3.26. The van der Waals surface area contributed by atoms with Gasteiger partial charge in [0.05, 0.1) is 11.5 Å². The van der Waals surface area contributed by atoms with E-state index in [1.165, 1.54) is 0 Å². The van der Waals surface area contributed by atoms with Crippen LogP contribution in [0.5, 0.6) is 0 Å². The van der Waals surface area contributed by atoms with E-state index in [-0.39, 0.29) is 23.5 Å². The van der Waals surface area contributed by atoms with Gasteiger partial charge >= 0.3 is 0 Å². The van der Waals surface area contributed by atoms with Crippen molar-refractivity contribution in [1.29, 1.82) is 0 Å². The Morgan fingerprint density at radius 1 is 1.37 bits per heavy atom. The van der Waals surface area contributed by atoms with Gasteiger partial charge in [-0.3, -0.25) is 4.79 Å². The fourth-order valence-electron chi connectivity index (χ4n) is 2.25. The van der Waals surface area contributed by atoms with Crippen molar-refractivity contribution in [2.75, 3.05) is 23.9 Å². The van der Waals surface area contributed by atoms with Crippen molar-refractivity contribution >= 4 is 21.4 Å². The van der Waals surface area contributed by atoms with E-state index < -0.39 is 9.84 Å². The molecule has 0 radical (unpaired) electrons. The van der Waals surface area contributed by atoms with Crippen molar-refractivity contribution in [2.45, 2.75) is 19.4 Å². The zero-order valence-electron chi connectivity index (χ0n) is 11.1. The van der Waals surface area contributed by atoms with Crippen LogP contribution < -0.4 is 10.6 Å². The Morgan fingerprint density at radius 2 is 2.11 bits per heavy atom. The maximum absolute atomic E-state index is 12.1. The third-order valence-corrected chi connectivity index (χ3v) is 5.10. The van der Waals surface area contributed by atoms with E-state index in [1.807, 2.05) is 26.1 Å². The van der Waals surface area contributed by atoms with Crippen molar-refractivity contribution in [3.63, 3.8) is 0 Å². The summed E-state index contributed by atoms with van der Waals surface area (Å²) in [5.41, 5.74) is 2.39. The number of amides is 1. The van der Waals surface area contributed by atoms with Crippen LogP contribution in [0.1, 0.15) is 22.3 Å². The maximum Gasteiger partial charge on any atom is 0.251 e. The molecule has 5 nitrogen and oxygen atoms in total. The molecule has 1 fully saturated rings. The molecular formula is C13H18N2O3S. The van der Waals surface area contributed by atoms with Crippen LogP contribution in [0.4, 0.5) is 5.69 Å². The lowest BCUT2D eigenvalue weighted by atomic mass is 10.1. The minimum absolute atomic E-state index is 0.0480. The van der Waals surface area contributed by atoms with Crippen molar-refractivity contribution in [1.82, 2.24) is 5.32 Å². The van der Waals surface area contributed by atoms with Crippen molar-refractivity contribution in [3.05, 3.63) is 29.3 Å². The molecule has 1 aromatic rings. The van der Waals surface area contributed by atoms with Crippen LogP contribution >= 0.6 is 0 Å². The normalized spacial score (nSPS) is 21.1. The topological polar surface area (TPSA) is 75.3 Å². The van der Waals surface area contributed by atoms with Gasteiger partial charge in [0.15, 0.2) is 9.84 Å². The van der Waals surface area contributed by atoms with Crippen molar-refractivity contribution in [2.24, 2.45) is 0 Å². The van der Waals surface area contributed by atoms with E-state index in [2.05, 4.69) is 10.6 Å². The van der Waals surface area contributed by atoms with Crippen molar-refractivity contribution in [3.8, 4) is 0 Å². The molecule has 2 rings (SSSR count). The summed E-state index contributed by atoms with van der Waals surface area (Å²) in [6.07, 6.45) is 0.502. The van der Waals surface area contributed by atoms with Gasteiger partial charge in [0, 0.05) is 24.3 Å². The number of hydrogen-bond acceptors (Lipinski definition) is 4. The third-order valence-electron chi connectivity index (χ3n) is 3.33. The van der Waals surface area contributed by atoms with Gasteiger partial charge in [-0.2, -0.15) is 0 Å². The first-order chi connectivity index (χ1) is 8.91. The van der Waals surface area contributed by atoms with Crippen molar-refractivity contribution < 1.29 is 13.2 Å². The van der Waals surface area contributed by atoms with Gasteiger partial charge in [0.2, 0.25) is 0 Å². The largest absolute Gasteiger partial charge is 0.388 e. The van der Waals surface area contributed by atoms with E-state index in [0.29, 0.717) is 12.0 Å². The average Bonchev–Trinajstić information content (AvgIpc) is 2.68. The highest BCUT2D eigenvalue weighted by Crippen LogP contribution is 2.16. The average molecular weight is 282 g/mol. The standard InChI is InChI=1S/C13H18N2O3S/c1-9-7-10(14-2)3-4-12(9)13(16)15-11-5-6-19(17,18)8-11/h3-4,7,11,14H,5-6,8H2,1-2H3,(H,15,16). The minimum Gasteiger partial charge on any atom is -0.388 e. The second-order valence-corrected chi connectivity index (χ2v) is 7.08. The molecule has 19 heavy (non-hydrogen) atoms. The Morgan fingerprint density at radius 3 is 2.63 bits per heavy atom. The molecule has 1 aromatic carbocycles. The summed E-state index contributed by atoms with van der Waals surface area (Å²) in [5.74, 6) is 0.00408. The van der Waals surface area contributed by atoms with Gasteiger partial charge in [-0.15, -0.1) is 0 Å². The van der Waals surface area contributed by atoms with Crippen LogP contribution in [0.25, 0.3) is 0 Å². The van der Waals surface area contributed by atoms with Gasteiger partial charge in [0.1, 0.15) is 0 Å². The van der Waals surface area contributed by atoms with E-state index >= 15 is 0 Å². The minimum atomic E-state index is -2.97. The zero-order valence-corrected chi connectivity index (χ0v) is 11.9. The van der Waals surface area contributed by atoms with Gasteiger partial charge in [-0.05, 0) is 37.1 Å². The van der Waals surface area contributed by atoms with Gasteiger partial charge < -0.3 is 10.6 Å². The first kappa shape index (κ1) is 13.9. The Kier molecular flexibility index (Phi) is 3.80. The number of hydrogen-bond donors (Lipinski definition) is 2. The molecule has 0 bridgehead atoms. The number of aryl methyl sites for hydroxylation is 1. The summed E-state index contributed by atoms with van der Waals surface area (Å²) in [6.45, 7) is 1.86. The molecule has 1 heterocycles.